The first-order valence-electron chi connectivity index (χ1n) is 5.93. The molecule has 0 fully saturated rings. The molecule has 0 radical (unpaired) electrons. The highest BCUT2D eigenvalue weighted by Gasteiger charge is 2.16. The van der Waals surface area contributed by atoms with Crippen molar-refractivity contribution in [2.45, 2.75) is 53.0 Å². The molecule has 0 aliphatic carbocycles. The van der Waals surface area contributed by atoms with Gasteiger partial charge >= 0.3 is 0 Å². The summed E-state index contributed by atoms with van der Waals surface area (Å²) in [5.41, 5.74) is 8.53. The SMILES string of the molecule is CCCc1[nH]c(C(N)C(C)C)nc1CC. The molecule has 0 spiro atoms. The number of nitrogens with two attached hydrogens (primary N) is 1. The van der Waals surface area contributed by atoms with Gasteiger partial charge in [-0.1, -0.05) is 34.1 Å². The van der Waals surface area contributed by atoms with Crippen LogP contribution in [0.1, 0.15) is 57.4 Å². The van der Waals surface area contributed by atoms with Crippen molar-refractivity contribution in [3.63, 3.8) is 0 Å². The highest BCUT2D eigenvalue weighted by molar-refractivity contribution is 5.16. The van der Waals surface area contributed by atoms with Crippen molar-refractivity contribution in [1.29, 1.82) is 0 Å². The van der Waals surface area contributed by atoms with Crippen LogP contribution in [0, 0.1) is 5.92 Å². The van der Waals surface area contributed by atoms with E-state index in [0.29, 0.717) is 5.92 Å². The lowest BCUT2D eigenvalue weighted by Crippen LogP contribution is -2.18. The van der Waals surface area contributed by atoms with Crippen molar-refractivity contribution in [3.05, 3.63) is 17.2 Å². The van der Waals surface area contributed by atoms with Crippen LogP contribution in [0.2, 0.25) is 0 Å². The number of nitrogens with one attached hydrogen (secondary N) is 1. The summed E-state index contributed by atoms with van der Waals surface area (Å²) >= 11 is 0. The van der Waals surface area contributed by atoms with E-state index in [9.17, 15) is 0 Å². The minimum Gasteiger partial charge on any atom is -0.344 e. The van der Waals surface area contributed by atoms with E-state index in [0.717, 1.165) is 25.1 Å². The fraction of sp³-hybridized carbons (Fsp3) is 0.750. The van der Waals surface area contributed by atoms with E-state index in [2.05, 4.69) is 37.7 Å². The smallest absolute Gasteiger partial charge is 0.123 e. The van der Waals surface area contributed by atoms with Crippen LogP contribution in [0.5, 0.6) is 0 Å². The molecule has 3 nitrogen and oxygen atoms in total. The van der Waals surface area contributed by atoms with Gasteiger partial charge in [-0.25, -0.2) is 4.98 Å². The molecule has 1 heterocycles. The third-order valence-electron chi connectivity index (χ3n) is 2.75. The van der Waals surface area contributed by atoms with Gasteiger partial charge < -0.3 is 10.7 Å². The summed E-state index contributed by atoms with van der Waals surface area (Å²) in [5.74, 6) is 1.38. The third-order valence-corrected chi connectivity index (χ3v) is 2.75. The summed E-state index contributed by atoms with van der Waals surface area (Å²) in [6, 6.07) is 0.0286. The van der Waals surface area contributed by atoms with E-state index in [4.69, 9.17) is 5.73 Å². The zero-order chi connectivity index (χ0) is 11.4. The van der Waals surface area contributed by atoms with E-state index < -0.39 is 0 Å². The summed E-state index contributed by atoms with van der Waals surface area (Å²) in [5, 5.41) is 0. The molecular weight excluding hydrogens is 186 g/mol. The van der Waals surface area contributed by atoms with Crippen molar-refractivity contribution in [3.8, 4) is 0 Å². The molecule has 0 aliphatic heterocycles. The monoisotopic (exact) mass is 209 g/mol. The van der Waals surface area contributed by atoms with E-state index in [1.165, 1.54) is 11.4 Å². The van der Waals surface area contributed by atoms with Crippen molar-refractivity contribution < 1.29 is 0 Å². The molecule has 1 unspecified atom stereocenters. The molecule has 3 N–H and O–H groups in total. The maximum absolute atomic E-state index is 6.08. The lowest BCUT2D eigenvalue weighted by Gasteiger charge is -2.11. The number of nitrogens with zero attached hydrogens (tertiary/aromatic N) is 1. The van der Waals surface area contributed by atoms with Gasteiger partial charge in [-0.15, -0.1) is 0 Å². The first-order valence-corrected chi connectivity index (χ1v) is 5.93. The number of hydrogen-bond acceptors (Lipinski definition) is 2. The van der Waals surface area contributed by atoms with Crippen molar-refractivity contribution in [2.75, 3.05) is 0 Å². The van der Waals surface area contributed by atoms with Gasteiger partial charge in [0.15, 0.2) is 0 Å². The number of aromatic amines is 1. The number of aromatic nitrogens is 2. The molecule has 1 aromatic rings. The molecule has 0 saturated heterocycles. The fourth-order valence-corrected chi connectivity index (χ4v) is 1.69. The number of aryl methyl sites for hydroxylation is 2. The van der Waals surface area contributed by atoms with E-state index in [1.807, 2.05) is 0 Å². The Morgan fingerprint density at radius 1 is 1.33 bits per heavy atom. The normalized spacial score (nSPS) is 13.5. The summed E-state index contributed by atoms with van der Waals surface area (Å²) in [7, 11) is 0. The Kier molecular flexibility index (Phi) is 4.33. The Morgan fingerprint density at radius 2 is 2.00 bits per heavy atom. The Hall–Kier alpha value is -0.830. The Bertz CT molecular complexity index is 302. The lowest BCUT2D eigenvalue weighted by atomic mass is 10.1. The topological polar surface area (TPSA) is 54.7 Å². The summed E-state index contributed by atoms with van der Waals surface area (Å²) < 4.78 is 0. The van der Waals surface area contributed by atoms with Crippen molar-refractivity contribution in [1.82, 2.24) is 9.97 Å². The van der Waals surface area contributed by atoms with E-state index in [-0.39, 0.29) is 6.04 Å². The molecule has 15 heavy (non-hydrogen) atoms. The minimum absolute atomic E-state index is 0.0286. The fourth-order valence-electron chi connectivity index (χ4n) is 1.69. The van der Waals surface area contributed by atoms with E-state index >= 15 is 0 Å². The maximum atomic E-state index is 6.08. The quantitative estimate of drug-likeness (QED) is 0.783. The molecule has 0 amide bonds. The molecule has 0 aliphatic rings. The van der Waals surface area contributed by atoms with Crippen LogP contribution >= 0.6 is 0 Å². The van der Waals surface area contributed by atoms with Gasteiger partial charge in [-0.2, -0.15) is 0 Å². The number of hydrogen-bond donors (Lipinski definition) is 2. The predicted molar refractivity (Wildman–Crippen MR) is 63.7 cm³/mol. The molecule has 0 bridgehead atoms. The number of H-pyrrole nitrogens is 1. The van der Waals surface area contributed by atoms with Gasteiger partial charge in [0, 0.05) is 5.69 Å². The standard InChI is InChI=1S/C12H23N3/c1-5-7-10-9(6-2)14-12(15-10)11(13)8(3)4/h8,11H,5-7,13H2,1-4H3,(H,14,15). The molecule has 86 valence electrons. The van der Waals surface area contributed by atoms with Crippen molar-refractivity contribution >= 4 is 0 Å². The van der Waals surface area contributed by atoms with Crippen LogP contribution in [-0.4, -0.2) is 9.97 Å². The third kappa shape index (κ3) is 2.81. The van der Waals surface area contributed by atoms with Gasteiger partial charge in [0.05, 0.1) is 11.7 Å². The van der Waals surface area contributed by atoms with Gasteiger partial charge in [0.25, 0.3) is 0 Å². The van der Waals surface area contributed by atoms with Crippen LogP contribution in [-0.2, 0) is 12.8 Å². The average Bonchev–Trinajstić information content (AvgIpc) is 2.60. The Labute approximate surface area is 92.5 Å². The van der Waals surface area contributed by atoms with Gasteiger partial charge in [0.2, 0.25) is 0 Å². The lowest BCUT2D eigenvalue weighted by molar-refractivity contribution is 0.493. The first-order chi connectivity index (χ1) is 7.10. The molecule has 0 aromatic carbocycles. The number of imidazole rings is 1. The highest BCUT2D eigenvalue weighted by atomic mass is 15.0. The summed E-state index contributed by atoms with van der Waals surface area (Å²) in [4.78, 5) is 7.97. The number of rotatable bonds is 5. The van der Waals surface area contributed by atoms with Crippen LogP contribution in [0.15, 0.2) is 0 Å². The van der Waals surface area contributed by atoms with Gasteiger partial charge in [0.1, 0.15) is 5.82 Å². The second-order valence-corrected chi connectivity index (χ2v) is 4.42. The van der Waals surface area contributed by atoms with Crippen LogP contribution in [0.4, 0.5) is 0 Å². The van der Waals surface area contributed by atoms with Gasteiger partial charge in [-0.05, 0) is 18.8 Å². The molecule has 3 heteroatoms. The Balaban J connectivity index is 2.91. The van der Waals surface area contributed by atoms with Crippen LogP contribution in [0.3, 0.4) is 0 Å². The second-order valence-electron chi connectivity index (χ2n) is 4.42. The molecule has 1 atom stereocenters. The summed E-state index contributed by atoms with van der Waals surface area (Å²) in [6.07, 6.45) is 3.20. The predicted octanol–water partition coefficient (Wildman–Crippen LogP) is 2.58. The zero-order valence-corrected chi connectivity index (χ0v) is 10.3. The highest BCUT2D eigenvalue weighted by Crippen LogP contribution is 2.19. The second kappa shape index (κ2) is 5.31. The molecular formula is C12H23N3. The first kappa shape index (κ1) is 12.2. The largest absolute Gasteiger partial charge is 0.344 e. The Morgan fingerprint density at radius 3 is 2.47 bits per heavy atom. The van der Waals surface area contributed by atoms with Crippen LogP contribution < -0.4 is 5.73 Å². The van der Waals surface area contributed by atoms with Crippen LogP contribution in [0.25, 0.3) is 0 Å². The summed E-state index contributed by atoms with van der Waals surface area (Å²) in [6.45, 7) is 8.57. The molecule has 1 aromatic heterocycles. The maximum Gasteiger partial charge on any atom is 0.123 e. The molecule has 1 rings (SSSR count). The minimum atomic E-state index is 0.0286. The van der Waals surface area contributed by atoms with Gasteiger partial charge in [-0.3, -0.25) is 0 Å². The molecule has 0 saturated carbocycles. The van der Waals surface area contributed by atoms with Crippen molar-refractivity contribution in [2.24, 2.45) is 11.7 Å². The average molecular weight is 209 g/mol. The zero-order valence-electron chi connectivity index (χ0n) is 10.3. The van der Waals surface area contributed by atoms with E-state index in [1.54, 1.807) is 0 Å².